The summed E-state index contributed by atoms with van der Waals surface area (Å²) >= 11 is 0. The summed E-state index contributed by atoms with van der Waals surface area (Å²) in [5, 5.41) is 2.85. The molecule has 0 saturated heterocycles. The fourth-order valence-electron chi connectivity index (χ4n) is 2.19. The molecule has 0 saturated carbocycles. The zero-order valence-electron chi connectivity index (χ0n) is 13.7. The Morgan fingerprint density at radius 1 is 0.955 bits per heavy atom. The molecule has 122 valence electrons. The molecule has 0 aromatic heterocycles. The van der Waals surface area contributed by atoms with Gasteiger partial charge in [0.15, 0.2) is 0 Å². The summed E-state index contributed by atoms with van der Waals surface area (Å²) in [6.07, 6.45) is 7.56. The molecule has 0 spiro atoms. The highest BCUT2D eigenvalue weighted by Crippen LogP contribution is 2.12. The number of unbranched alkanes of at least 4 members (excludes halogenated alkanes) is 5. The molecule has 0 bridgehead atoms. The smallest absolute Gasteiger partial charge is 0.338 e. The fourth-order valence-corrected chi connectivity index (χ4v) is 2.19. The SMILES string of the molecule is CCCCCCCCC(=O)Nc1ccc(C(=O)OCC)cc1. The van der Waals surface area contributed by atoms with Gasteiger partial charge in [-0.05, 0) is 37.6 Å². The van der Waals surface area contributed by atoms with Crippen LogP contribution < -0.4 is 5.32 Å². The molecule has 0 atom stereocenters. The highest BCUT2D eigenvalue weighted by Gasteiger charge is 2.07. The Labute approximate surface area is 133 Å². The Kier molecular flexibility index (Phi) is 8.96. The van der Waals surface area contributed by atoms with Gasteiger partial charge in [-0.25, -0.2) is 4.79 Å². The van der Waals surface area contributed by atoms with E-state index in [0.717, 1.165) is 12.8 Å². The number of hydrogen-bond acceptors (Lipinski definition) is 3. The van der Waals surface area contributed by atoms with Gasteiger partial charge in [-0.15, -0.1) is 0 Å². The van der Waals surface area contributed by atoms with Crippen molar-refractivity contribution in [3.63, 3.8) is 0 Å². The second-order valence-corrected chi connectivity index (χ2v) is 5.36. The molecule has 4 heteroatoms. The van der Waals surface area contributed by atoms with E-state index in [1.165, 1.54) is 25.7 Å². The lowest BCUT2D eigenvalue weighted by Gasteiger charge is -2.06. The average molecular weight is 305 g/mol. The van der Waals surface area contributed by atoms with E-state index >= 15 is 0 Å². The molecule has 0 heterocycles. The summed E-state index contributed by atoms with van der Waals surface area (Å²) in [6.45, 7) is 4.32. The number of carbonyl (C=O) groups is 2. The zero-order chi connectivity index (χ0) is 16.2. The van der Waals surface area contributed by atoms with E-state index in [2.05, 4.69) is 12.2 Å². The van der Waals surface area contributed by atoms with Gasteiger partial charge in [-0.3, -0.25) is 4.79 Å². The van der Waals surface area contributed by atoms with Gasteiger partial charge >= 0.3 is 5.97 Å². The van der Waals surface area contributed by atoms with E-state index in [1.807, 2.05) is 0 Å². The van der Waals surface area contributed by atoms with E-state index in [1.54, 1.807) is 31.2 Å². The van der Waals surface area contributed by atoms with Gasteiger partial charge in [-0.1, -0.05) is 39.0 Å². The van der Waals surface area contributed by atoms with Crippen LogP contribution in [0, 0.1) is 0 Å². The van der Waals surface area contributed by atoms with E-state index in [4.69, 9.17) is 4.74 Å². The minimum absolute atomic E-state index is 0.0272. The first-order chi connectivity index (χ1) is 10.7. The summed E-state index contributed by atoms with van der Waals surface area (Å²) in [4.78, 5) is 23.3. The van der Waals surface area contributed by atoms with Crippen LogP contribution in [0.1, 0.15) is 69.2 Å². The fraction of sp³-hybridized carbons (Fsp3) is 0.556. The lowest BCUT2D eigenvalue weighted by atomic mass is 10.1. The number of nitrogens with one attached hydrogen (secondary N) is 1. The molecule has 1 rings (SSSR count). The second kappa shape index (κ2) is 10.8. The number of esters is 1. The van der Waals surface area contributed by atoms with Gasteiger partial charge in [-0.2, -0.15) is 0 Å². The first-order valence-electron chi connectivity index (χ1n) is 8.24. The third-order valence-corrected chi connectivity index (χ3v) is 3.44. The minimum Gasteiger partial charge on any atom is -0.462 e. The van der Waals surface area contributed by atoms with Gasteiger partial charge in [0, 0.05) is 12.1 Å². The van der Waals surface area contributed by atoms with Crippen LogP contribution in [0.25, 0.3) is 0 Å². The predicted octanol–water partition coefficient (Wildman–Crippen LogP) is 4.55. The van der Waals surface area contributed by atoms with E-state index in [0.29, 0.717) is 24.3 Å². The zero-order valence-corrected chi connectivity index (χ0v) is 13.7. The number of amides is 1. The highest BCUT2D eigenvalue weighted by atomic mass is 16.5. The Hall–Kier alpha value is -1.84. The first kappa shape index (κ1) is 18.2. The van der Waals surface area contributed by atoms with Crippen LogP contribution in [0.2, 0.25) is 0 Å². The summed E-state index contributed by atoms with van der Waals surface area (Å²) < 4.78 is 4.92. The third kappa shape index (κ3) is 7.25. The standard InChI is InChI=1S/C18H27NO3/c1-3-5-6-7-8-9-10-17(20)19-16-13-11-15(12-14-16)18(21)22-4-2/h11-14H,3-10H2,1-2H3,(H,19,20). The molecular weight excluding hydrogens is 278 g/mol. The van der Waals surface area contributed by atoms with Gasteiger partial charge in [0.1, 0.15) is 0 Å². The van der Waals surface area contributed by atoms with Crippen LogP contribution in [0.4, 0.5) is 5.69 Å². The number of ether oxygens (including phenoxy) is 1. The molecule has 0 aliphatic rings. The van der Waals surface area contributed by atoms with Crippen molar-refractivity contribution < 1.29 is 14.3 Å². The Morgan fingerprint density at radius 3 is 2.23 bits per heavy atom. The van der Waals surface area contributed by atoms with Crippen LogP contribution in [-0.2, 0) is 9.53 Å². The molecule has 4 nitrogen and oxygen atoms in total. The molecule has 0 radical (unpaired) electrons. The van der Waals surface area contributed by atoms with Crippen molar-refractivity contribution in [1.82, 2.24) is 0 Å². The number of rotatable bonds is 10. The summed E-state index contributed by atoms with van der Waals surface area (Å²) in [7, 11) is 0. The van der Waals surface area contributed by atoms with Crippen LogP contribution >= 0.6 is 0 Å². The van der Waals surface area contributed by atoms with E-state index in [9.17, 15) is 9.59 Å². The third-order valence-electron chi connectivity index (χ3n) is 3.44. The van der Waals surface area contributed by atoms with Gasteiger partial charge in [0.2, 0.25) is 5.91 Å². The summed E-state index contributed by atoms with van der Waals surface area (Å²) in [5.41, 5.74) is 1.21. The van der Waals surface area contributed by atoms with Crippen molar-refractivity contribution in [2.45, 2.75) is 58.8 Å². The maximum atomic E-state index is 11.8. The molecule has 0 aliphatic heterocycles. The van der Waals surface area contributed by atoms with E-state index in [-0.39, 0.29) is 11.9 Å². The molecule has 0 fully saturated rings. The van der Waals surface area contributed by atoms with E-state index < -0.39 is 0 Å². The van der Waals surface area contributed by atoms with Crippen molar-refractivity contribution in [2.24, 2.45) is 0 Å². The molecule has 1 N–H and O–H groups in total. The molecule has 0 unspecified atom stereocenters. The average Bonchev–Trinajstić information content (AvgIpc) is 2.51. The summed E-state index contributed by atoms with van der Waals surface area (Å²) in [5.74, 6) is -0.313. The largest absolute Gasteiger partial charge is 0.462 e. The topological polar surface area (TPSA) is 55.4 Å². The predicted molar refractivity (Wildman–Crippen MR) is 89.0 cm³/mol. The number of hydrogen-bond donors (Lipinski definition) is 1. The molecule has 22 heavy (non-hydrogen) atoms. The van der Waals surface area contributed by atoms with Crippen molar-refractivity contribution in [1.29, 1.82) is 0 Å². The second-order valence-electron chi connectivity index (χ2n) is 5.36. The summed E-state index contributed by atoms with van der Waals surface area (Å²) in [6, 6.07) is 6.79. The van der Waals surface area contributed by atoms with Gasteiger partial charge < -0.3 is 10.1 Å². The van der Waals surface area contributed by atoms with Crippen LogP contribution in [0.3, 0.4) is 0 Å². The first-order valence-corrected chi connectivity index (χ1v) is 8.24. The molecule has 1 aromatic rings. The highest BCUT2D eigenvalue weighted by molar-refractivity contribution is 5.93. The molecule has 1 aromatic carbocycles. The van der Waals surface area contributed by atoms with Crippen molar-refractivity contribution in [3.8, 4) is 0 Å². The molecular formula is C18H27NO3. The van der Waals surface area contributed by atoms with Gasteiger partial charge in [0.25, 0.3) is 0 Å². The minimum atomic E-state index is -0.340. The molecule has 1 amide bonds. The Morgan fingerprint density at radius 2 is 1.59 bits per heavy atom. The maximum absolute atomic E-state index is 11.8. The molecule has 0 aliphatic carbocycles. The lowest BCUT2D eigenvalue weighted by Crippen LogP contribution is -2.11. The van der Waals surface area contributed by atoms with Crippen LogP contribution in [0.5, 0.6) is 0 Å². The quantitative estimate of drug-likeness (QED) is 0.509. The maximum Gasteiger partial charge on any atom is 0.338 e. The lowest BCUT2D eigenvalue weighted by molar-refractivity contribution is -0.116. The van der Waals surface area contributed by atoms with Crippen molar-refractivity contribution in [3.05, 3.63) is 29.8 Å². The van der Waals surface area contributed by atoms with Gasteiger partial charge in [0.05, 0.1) is 12.2 Å². The number of benzene rings is 1. The number of carbonyl (C=O) groups excluding carboxylic acids is 2. The Balaban J connectivity index is 2.28. The monoisotopic (exact) mass is 305 g/mol. The van der Waals surface area contributed by atoms with Crippen LogP contribution in [-0.4, -0.2) is 18.5 Å². The van der Waals surface area contributed by atoms with Crippen LogP contribution in [0.15, 0.2) is 24.3 Å². The number of anilines is 1. The van der Waals surface area contributed by atoms with Crippen molar-refractivity contribution in [2.75, 3.05) is 11.9 Å². The van der Waals surface area contributed by atoms with Crippen molar-refractivity contribution >= 4 is 17.6 Å². The normalized spacial score (nSPS) is 10.3. The Bertz CT molecular complexity index is 454.